The normalized spacial score (nSPS) is 11.9. The summed E-state index contributed by atoms with van der Waals surface area (Å²) in [4.78, 5) is 24.1. The fraction of sp³-hybridized carbons (Fsp3) is 0.429. The van der Waals surface area contributed by atoms with Crippen molar-refractivity contribution in [2.45, 2.75) is 25.8 Å². The number of nitrogens with zero attached hydrogens (tertiary/aromatic N) is 1. The van der Waals surface area contributed by atoms with Crippen LogP contribution in [0.15, 0.2) is 30.3 Å². The van der Waals surface area contributed by atoms with E-state index in [0.717, 1.165) is 5.56 Å². The lowest BCUT2D eigenvalue weighted by molar-refractivity contribution is -0.145. The Morgan fingerprint density at radius 1 is 1.32 bits per heavy atom. The molecule has 3 N–H and O–H groups in total. The summed E-state index contributed by atoms with van der Waals surface area (Å²) >= 11 is 0. The highest BCUT2D eigenvalue weighted by Gasteiger charge is 2.22. The topological polar surface area (TPSA) is 83.6 Å². The van der Waals surface area contributed by atoms with Gasteiger partial charge in [0, 0.05) is 6.54 Å². The van der Waals surface area contributed by atoms with E-state index in [4.69, 9.17) is 10.8 Å². The van der Waals surface area contributed by atoms with Crippen LogP contribution in [0.5, 0.6) is 0 Å². The van der Waals surface area contributed by atoms with Crippen molar-refractivity contribution >= 4 is 11.9 Å². The maximum Gasteiger partial charge on any atom is 0.323 e. The van der Waals surface area contributed by atoms with E-state index in [1.165, 1.54) is 4.90 Å². The number of hydrogen-bond donors (Lipinski definition) is 2. The van der Waals surface area contributed by atoms with Crippen LogP contribution in [-0.4, -0.2) is 41.0 Å². The zero-order chi connectivity index (χ0) is 14.3. The molecule has 0 unspecified atom stereocenters. The predicted octanol–water partition coefficient (Wildman–Crippen LogP) is 0.880. The van der Waals surface area contributed by atoms with Gasteiger partial charge in [0.1, 0.15) is 6.54 Å². The summed E-state index contributed by atoms with van der Waals surface area (Å²) in [6.45, 7) is 2.01. The van der Waals surface area contributed by atoms with E-state index in [9.17, 15) is 9.59 Å². The van der Waals surface area contributed by atoms with Crippen molar-refractivity contribution in [2.75, 3.05) is 13.1 Å². The van der Waals surface area contributed by atoms with Gasteiger partial charge in [-0.15, -0.1) is 0 Å². The van der Waals surface area contributed by atoms with Crippen molar-refractivity contribution in [3.8, 4) is 0 Å². The third kappa shape index (κ3) is 5.09. The maximum absolute atomic E-state index is 12.1. The van der Waals surface area contributed by atoms with Crippen LogP contribution in [0.3, 0.4) is 0 Å². The quantitative estimate of drug-likeness (QED) is 0.765. The van der Waals surface area contributed by atoms with Gasteiger partial charge in [-0.05, 0) is 18.4 Å². The highest BCUT2D eigenvalue weighted by Crippen LogP contribution is 2.05. The van der Waals surface area contributed by atoms with Crippen LogP contribution in [0.1, 0.15) is 18.9 Å². The molecule has 0 aliphatic carbocycles. The molecule has 19 heavy (non-hydrogen) atoms. The van der Waals surface area contributed by atoms with E-state index in [-0.39, 0.29) is 12.5 Å². The molecule has 0 aliphatic rings. The number of carbonyl (C=O) groups is 2. The van der Waals surface area contributed by atoms with Gasteiger partial charge in [-0.1, -0.05) is 37.3 Å². The van der Waals surface area contributed by atoms with Gasteiger partial charge in [0.25, 0.3) is 0 Å². The van der Waals surface area contributed by atoms with Gasteiger partial charge >= 0.3 is 5.97 Å². The molecule has 1 aromatic carbocycles. The molecule has 0 aliphatic heterocycles. The molecule has 0 fully saturated rings. The number of aliphatic carboxylic acids is 1. The molecule has 5 nitrogen and oxygen atoms in total. The Morgan fingerprint density at radius 3 is 2.47 bits per heavy atom. The summed E-state index contributed by atoms with van der Waals surface area (Å²) in [7, 11) is 0. The minimum atomic E-state index is -1.02. The average molecular weight is 264 g/mol. The van der Waals surface area contributed by atoms with Gasteiger partial charge in [-0.25, -0.2) is 0 Å². The molecule has 1 atom stereocenters. The number of amides is 1. The summed E-state index contributed by atoms with van der Waals surface area (Å²) in [5, 5.41) is 8.80. The number of rotatable bonds is 7. The SMILES string of the molecule is CCCN(CC(=O)O)C(=O)[C@@H](N)Cc1ccccc1. The minimum absolute atomic E-state index is 0.296. The summed E-state index contributed by atoms with van der Waals surface area (Å²) in [6, 6.07) is 8.75. The molecule has 0 saturated heterocycles. The summed E-state index contributed by atoms with van der Waals surface area (Å²) in [5.74, 6) is -1.33. The van der Waals surface area contributed by atoms with Gasteiger partial charge < -0.3 is 15.7 Å². The molecule has 104 valence electrons. The molecule has 0 bridgehead atoms. The first-order chi connectivity index (χ1) is 9.04. The Hall–Kier alpha value is -1.88. The zero-order valence-electron chi connectivity index (χ0n) is 11.1. The first-order valence-corrected chi connectivity index (χ1v) is 6.34. The summed E-state index contributed by atoms with van der Waals surface area (Å²) in [5.41, 5.74) is 6.84. The Kier molecular flexibility index (Phi) is 6.02. The molecule has 5 heteroatoms. The fourth-order valence-corrected chi connectivity index (χ4v) is 1.89. The largest absolute Gasteiger partial charge is 0.480 e. The van der Waals surface area contributed by atoms with E-state index in [1.54, 1.807) is 0 Å². The van der Waals surface area contributed by atoms with Crippen LogP contribution in [0.2, 0.25) is 0 Å². The molecule has 1 aromatic rings. The van der Waals surface area contributed by atoms with Crippen molar-refractivity contribution < 1.29 is 14.7 Å². The van der Waals surface area contributed by atoms with E-state index >= 15 is 0 Å². The number of carboxylic acid groups (broad SMARTS) is 1. The van der Waals surface area contributed by atoms with Crippen LogP contribution in [-0.2, 0) is 16.0 Å². The van der Waals surface area contributed by atoms with Gasteiger partial charge in [-0.2, -0.15) is 0 Å². The van der Waals surface area contributed by atoms with Crippen molar-refractivity contribution in [1.82, 2.24) is 4.90 Å². The standard InChI is InChI=1S/C14H20N2O3/c1-2-8-16(10-13(17)18)14(19)12(15)9-11-6-4-3-5-7-11/h3-7,12H,2,8-10,15H2,1H3,(H,17,18)/t12-/m0/s1. The van der Waals surface area contributed by atoms with Crippen LogP contribution in [0.25, 0.3) is 0 Å². The number of nitrogens with two attached hydrogens (primary N) is 1. The van der Waals surface area contributed by atoms with E-state index < -0.39 is 12.0 Å². The van der Waals surface area contributed by atoms with E-state index in [2.05, 4.69) is 0 Å². The molecule has 1 rings (SSSR count). The number of carboxylic acids is 1. The number of benzene rings is 1. The summed E-state index contributed by atoms with van der Waals surface area (Å²) in [6.07, 6.45) is 1.12. The average Bonchev–Trinajstić information content (AvgIpc) is 2.38. The van der Waals surface area contributed by atoms with E-state index in [1.807, 2.05) is 37.3 Å². The van der Waals surface area contributed by atoms with Crippen LogP contribution in [0.4, 0.5) is 0 Å². The highest BCUT2D eigenvalue weighted by atomic mass is 16.4. The lowest BCUT2D eigenvalue weighted by Crippen LogP contribution is -2.47. The molecular formula is C14H20N2O3. The van der Waals surface area contributed by atoms with Crippen molar-refractivity contribution in [3.63, 3.8) is 0 Å². The first kappa shape index (κ1) is 15.2. The van der Waals surface area contributed by atoms with Gasteiger partial charge in [0.15, 0.2) is 0 Å². The van der Waals surface area contributed by atoms with Gasteiger partial charge in [0.05, 0.1) is 6.04 Å². The second kappa shape index (κ2) is 7.53. The van der Waals surface area contributed by atoms with Crippen LogP contribution in [0, 0.1) is 0 Å². The van der Waals surface area contributed by atoms with Crippen molar-refractivity contribution in [3.05, 3.63) is 35.9 Å². The zero-order valence-corrected chi connectivity index (χ0v) is 11.1. The maximum atomic E-state index is 12.1. The Balaban J connectivity index is 2.65. The summed E-state index contributed by atoms with van der Waals surface area (Å²) < 4.78 is 0. The van der Waals surface area contributed by atoms with E-state index in [0.29, 0.717) is 19.4 Å². The van der Waals surface area contributed by atoms with Gasteiger partial charge in [-0.3, -0.25) is 9.59 Å². The van der Waals surface area contributed by atoms with Crippen LogP contribution < -0.4 is 5.73 Å². The second-order valence-electron chi connectivity index (χ2n) is 4.45. The van der Waals surface area contributed by atoms with Crippen molar-refractivity contribution in [2.24, 2.45) is 5.73 Å². The Bertz CT molecular complexity index is 420. The minimum Gasteiger partial charge on any atom is -0.480 e. The number of hydrogen-bond acceptors (Lipinski definition) is 3. The highest BCUT2D eigenvalue weighted by molar-refractivity contribution is 5.85. The van der Waals surface area contributed by atoms with Crippen molar-refractivity contribution in [1.29, 1.82) is 0 Å². The Labute approximate surface area is 113 Å². The fourth-order valence-electron chi connectivity index (χ4n) is 1.89. The molecule has 1 amide bonds. The molecular weight excluding hydrogens is 244 g/mol. The lowest BCUT2D eigenvalue weighted by Gasteiger charge is -2.23. The van der Waals surface area contributed by atoms with Gasteiger partial charge in [0.2, 0.25) is 5.91 Å². The first-order valence-electron chi connectivity index (χ1n) is 6.34. The molecule has 0 heterocycles. The molecule has 0 radical (unpaired) electrons. The second-order valence-corrected chi connectivity index (χ2v) is 4.45. The lowest BCUT2D eigenvalue weighted by atomic mass is 10.1. The molecule has 0 aromatic heterocycles. The van der Waals surface area contributed by atoms with Crippen LogP contribution >= 0.6 is 0 Å². The Morgan fingerprint density at radius 2 is 1.95 bits per heavy atom. The third-order valence-electron chi connectivity index (χ3n) is 2.75. The molecule has 0 spiro atoms. The molecule has 0 saturated carbocycles. The number of carbonyl (C=O) groups excluding carboxylic acids is 1. The monoisotopic (exact) mass is 264 g/mol. The third-order valence-corrected chi connectivity index (χ3v) is 2.75. The predicted molar refractivity (Wildman–Crippen MR) is 72.6 cm³/mol. The smallest absolute Gasteiger partial charge is 0.323 e.